The molecule has 0 amide bonds. The van der Waals surface area contributed by atoms with Crippen molar-refractivity contribution in [3.05, 3.63) is 11.6 Å². The van der Waals surface area contributed by atoms with Crippen LogP contribution in [0.2, 0.25) is 0 Å². The molecule has 0 bridgehead atoms. The Morgan fingerprint density at radius 1 is 1.33 bits per heavy atom. The first-order valence-electron chi connectivity index (χ1n) is 5.82. The van der Waals surface area contributed by atoms with Crippen molar-refractivity contribution in [2.75, 3.05) is 13.1 Å². The van der Waals surface area contributed by atoms with Crippen molar-refractivity contribution in [1.29, 1.82) is 0 Å². The second-order valence-electron chi connectivity index (χ2n) is 4.60. The highest BCUT2D eigenvalue weighted by Gasteiger charge is 2.21. The van der Waals surface area contributed by atoms with Crippen LogP contribution in [0.25, 0.3) is 0 Å². The predicted molar refractivity (Wildman–Crippen MR) is 60.0 cm³/mol. The van der Waals surface area contributed by atoms with Gasteiger partial charge < -0.3 is 5.32 Å². The number of rotatable bonds is 2. The molecule has 1 aliphatic rings. The molecule has 1 aliphatic heterocycles. The first-order valence-corrected chi connectivity index (χ1v) is 5.82. The Hall–Kier alpha value is -0.900. The maximum absolute atomic E-state index is 4.53. The molecule has 0 atom stereocenters. The van der Waals surface area contributed by atoms with Crippen LogP contribution in [-0.4, -0.2) is 27.9 Å². The Labute approximate surface area is 91.1 Å². The zero-order valence-electron chi connectivity index (χ0n) is 9.82. The molecule has 4 heteroatoms. The average molecular weight is 208 g/mol. The molecule has 0 spiro atoms. The van der Waals surface area contributed by atoms with E-state index in [0.29, 0.717) is 12.0 Å². The van der Waals surface area contributed by atoms with E-state index in [1.54, 1.807) is 0 Å². The summed E-state index contributed by atoms with van der Waals surface area (Å²) in [6.45, 7) is 8.54. The lowest BCUT2D eigenvalue weighted by Crippen LogP contribution is -2.30. The molecule has 0 aliphatic carbocycles. The lowest BCUT2D eigenvalue weighted by molar-refractivity contribution is 0.330. The second kappa shape index (κ2) is 4.31. The Morgan fingerprint density at radius 2 is 2.00 bits per heavy atom. The predicted octanol–water partition coefficient (Wildman–Crippen LogP) is 1.63. The fraction of sp³-hybridized carbons (Fsp3) is 0.818. The van der Waals surface area contributed by atoms with Gasteiger partial charge in [0.05, 0.1) is 6.04 Å². The van der Waals surface area contributed by atoms with E-state index < -0.39 is 0 Å². The van der Waals surface area contributed by atoms with Crippen molar-refractivity contribution in [2.45, 2.75) is 45.6 Å². The van der Waals surface area contributed by atoms with Crippen LogP contribution < -0.4 is 5.32 Å². The van der Waals surface area contributed by atoms with Crippen LogP contribution in [0.5, 0.6) is 0 Å². The number of nitrogens with one attached hydrogen (secondary N) is 1. The maximum Gasteiger partial charge on any atom is 0.147 e. The molecule has 1 aromatic heterocycles. The Morgan fingerprint density at radius 3 is 2.60 bits per heavy atom. The monoisotopic (exact) mass is 208 g/mol. The van der Waals surface area contributed by atoms with Gasteiger partial charge in [-0.3, -0.25) is 0 Å². The van der Waals surface area contributed by atoms with Gasteiger partial charge in [0, 0.05) is 5.92 Å². The molecule has 84 valence electrons. The molecule has 2 heterocycles. The zero-order chi connectivity index (χ0) is 10.8. The van der Waals surface area contributed by atoms with Gasteiger partial charge in [-0.15, -0.1) is 0 Å². The molecule has 1 aromatic rings. The van der Waals surface area contributed by atoms with E-state index in [0.717, 1.165) is 24.7 Å². The number of hydrogen-bond acceptors (Lipinski definition) is 3. The van der Waals surface area contributed by atoms with E-state index in [1.165, 1.54) is 12.8 Å². The largest absolute Gasteiger partial charge is 0.317 e. The fourth-order valence-corrected chi connectivity index (χ4v) is 2.16. The van der Waals surface area contributed by atoms with Gasteiger partial charge in [-0.25, -0.2) is 9.67 Å². The van der Waals surface area contributed by atoms with E-state index in [-0.39, 0.29) is 0 Å². The van der Waals surface area contributed by atoms with Crippen molar-refractivity contribution in [3.8, 4) is 0 Å². The molecule has 0 saturated carbocycles. The normalized spacial score (nSPS) is 18.7. The van der Waals surface area contributed by atoms with Crippen LogP contribution >= 0.6 is 0 Å². The van der Waals surface area contributed by atoms with Gasteiger partial charge in [-0.2, -0.15) is 5.10 Å². The number of piperidine rings is 1. The van der Waals surface area contributed by atoms with Crippen molar-refractivity contribution >= 4 is 0 Å². The summed E-state index contributed by atoms with van der Waals surface area (Å²) in [5, 5.41) is 7.91. The van der Waals surface area contributed by atoms with Crippen molar-refractivity contribution in [3.63, 3.8) is 0 Å². The van der Waals surface area contributed by atoms with Gasteiger partial charge in [-0.05, 0) is 32.9 Å². The lowest BCUT2D eigenvalue weighted by Gasteiger charge is -2.24. The molecule has 0 radical (unpaired) electrons. The molecule has 1 N–H and O–H groups in total. The zero-order valence-corrected chi connectivity index (χ0v) is 9.82. The third-order valence-electron chi connectivity index (χ3n) is 2.93. The maximum atomic E-state index is 4.53. The van der Waals surface area contributed by atoms with Gasteiger partial charge in [0.2, 0.25) is 0 Å². The van der Waals surface area contributed by atoms with Crippen molar-refractivity contribution in [1.82, 2.24) is 20.1 Å². The average Bonchev–Trinajstić information content (AvgIpc) is 2.62. The van der Waals surface area contributed by atoms with E-state index in [1.807, 2.05) is 6.92 Å². The SMILES string of the molecule is Cc1nc(C(C)C)n(C2CCNCC2)n1. The Balaban J connectivity index is 2.25. The summed E-state index contributed by atoms with van der Waals surface area (Å²) in [5.74, 6) is 2.50. The van der Waals surface area contributed by atoms with Crippen LogP contribution in [0.15, 0.2) is 0 Å². The summed E-state index contributed by atoms with van der Waals surface area (Å²) in [7, 11) is 0. The van der Waals surface area contributed by atoms with Crippen molar-refractivity contribution in [2.24, 2.45) is 0 Å². The third-order valence-corrected chi connectivity index (χ3v) is 2.93. The van der Waals surface area contributed by atoms with E-state index in [2.05, 4.69) is 33.9 Å². The topological polar surface area (TPSA) is 42.7 Å². The van der Waals surface area contributed by atoms with Crippen LogP contribution in [-0.2, 0) is 0 Å². The van der Waals surface area contributed by atoms with Crippen molar-refractivity contribution < 1.29 is 0 Å². The van der Waals surface area contributed by atoms with Crippen LogP contribution in [0.3, 0.4) is 0 Å². The molecule has 15 heavy (non-hydrogen) atoms. The fourth-order valence-electron chi connectivity index (χ4n) is 2.16. The minimum Gasteiger partial charge on any atom is -0.317 e. The molecular formula is C11H20N4. The van der Waals surface area contributed by atoms with Gasteiger partial charge in [0.25, 0.3) is 0 Å². The Bertz CT molecular complexity index is 323. The molecular weight excluding hydrogens is 188 g/mol. The second-order valence-corrected chi connectivity index (χ2v) is 4.60. The minimum atomic E-state index is 0.459. The van der Waals surface area contributed by atoms with Crippen LogP contribution in [0.1, 0.15) is 50.3 Å². The van der Waals surface area contributed by atoms with E-state index >= 15 is 0 Å². The van der Waals surface area contributed by atoms with Crippen LogP contribution in [0, 0.1) is 6.92 Å². The highest BCUT2D eigenvalue weighted by molar-refractivity contribution is 4.99. The number of aryl methyl sites for hydroxylation is 1. The first-order chi connectivity index (χ1) is 7.18. The summed E-state index contributed by atoms with van der Waals surface area (Å²) >= 11 is 0. The summed E-state index contributed by atoms with van der Waals surface area (Å²) in [4.78, 5) is 4.52. The first kappa shape index (κ1) is 10.6. The summed E-state index contributed by atoms with van der Waals surface area (Å²) < 4.78 is 2.15. The van der Waals surface area contributed by atoms with Gasteiger partial charge >= 0.3 is 0 Å². The molecule has 2 rings (SSSR count). The van der Waals surface area contributed by atoms with Crippen LogP contribution in [0.4, 0.5) is 0 Å². The molecule has 0 unspecified atom stereocenters. The highest BCUT2D eigenvalue weighted by atomic mass is 15.4. The molecule has 0 aromatic carbocycles. The van der Waals surface area contributed by atoms with Gasteiger partial charge in [0.15, 0.2) is 0 Å². The summed E-state index contributed by atoms with van der Waals surface area (Å²) in [6, 6.07) is 0.546. The molecule has 4 nitrogen and oxygen atoms in total. The lowest BCUT2D eigenvalue weighted by atomic mass is 10.1. The van der Waals surface area contributed by atoms with E-state index in [4.69, 9.17) is 0 Å². The summed E-state index contributed by atoms with van der Waals surface area (Å²) in [5.41, 5.74) is 0. The number of aromatic nitrogens is 3. The quantitative estimate of drug-likeness (QED) is 0.803. The number of hydrogen-bond donors (Lipinski definition) is 1. The molecule has 1 saturated heterocycles. The van der Waals surface area contributed by atoms with E-state index in [9.17, 15) is 0 Å². The van der Waals surface area contributed by atoms with Gasteiger partial charge in [-0.1, -0.05) is 13.8 Å². The highest BCUT2D eigenvalue weighted by Crippen LogP contribution is 2.22. The third kappa shape index (κ3) is 2.20. The number of nitrogens with zero attached hydrogens (tertiary/aromatic N) is 3. The summed E-state index contributed by atoms with van der Waals surface area (Å²) in [6.07, 6.45) is 2.34. The molecule has 1 fully saturated rings. The Kier molecular flexibility index (Phi) is 3.05. The standard InChI is InChI=1S/C11H20N4/c1-8(2)11-13-9(3)14-15(11)10-4-6-12-7-5-10/h8,10,12H,4-7H2,1-3H3. The smallest absolute Gasteiger partial charge is 0.147 e. The minimum absolute atomic E-state index is 0.459. The van der Waals surface area contributed by atoms with Gasteiger partial charge in [0.1, 0.15) is 11.6 Å².